The topological polar surface area (TPSA) is 57.6 Å². The van der Waals surface area contributed by atoms with E-state index in [1.165, 1.54) is 0 Å². The van der Waals surface area contributed by atoms with Gasteiger partial charge in [-0.2, -0.15) is 0 Å². The number of anilines is 1. The van der Waals surface area contributed by atoms with Crippen LogP contribution in [0, 0.1) is 12.8 Å². The van der Waals surface area contributed by atoms with Crippen LogP contribution in [-0.4, -0.2) is 16.8 Å². The average molecular weight is 499 g/mol. The van der Waals surface area contributed by atoms with Gasteiger partial charge in [-0.05, 0) is 55.0 Å². The number of carbonyl (C=O) groups is 2. The van der Waals surface area contributed by atoms with Gasteiger partial charge in [0.25, 0.3) is 5.91 Å². The lowest BCUT2D eigenvalue weighted by molar-refractivity contribution is -0.139. The Morgan fingerprint density at radius 3 is 2.39 bits per heavy atom. The molecule has 1 amide bonds. The van der Waals surface area contributed by atoms with Gasteiger partial charge in [0.2, 0.25) is 0 Å². The Morgan fingerprint density at radius 1 is 1.10 bits per heavy atom. The fourth-order valence-corrected chi connectivity index (χ4v) is 4.47. The minimum Gasteiger partial charge on any atom is -0.375 e. The van der Waals surface area contributed by atoms with Crippen LogP contribution in [0.25, 0.3) is 0 Å². The highest BCUT2D eigenvalue weighted by atomic mass is 79.9. The number of hydrogen-bond donors (Lipinski definition) is 1. The van der Waals surface area contributed by atoms with E-state index < -0.39 is 17.4 Å². The van der Waals surface area contributed by atoms with Crippen molar-refractivity contribution in [2.24, 2.45) is 5.92 Å². The van der Waals surface area contributed by atoms with Crippen molar-refractivity contribution in [3.05, 3.63) is 98.5 Å². The first-order chi connectivity index (χ1) is 14.7. The average Bonchev–Trinajstić information content (AvgIpc) is 2.97. The summed E-state index contributed by atoms with van der Waals surface area (Å²) in [6.07, 6.45) is 0. The van der Waals surface area contributed by atoms with Crippen molar-refractivity contribution in [2.45, 2.75) is 26.0 Å². The van der Waals surface area contributed by atoms with E-state index in [1.54, 1.807) is 48.2 Å². The smallest absolute Gasteiger partial charge is 0.264 e. The van der Waals surface area contributed by atoms with Gasteiger partial charge >= 0.3 is 0 Å². The number of fused-ring (bicyclic) bond motifs is 1. The number of ketones is 1. The summed E-state index contributed by atoms with van der Waals surface area (Å²) in [4.78, 5) is 28.3. The molecule has 3 aromatic rings. The summed E-state index contributed by atoms with van der Waals surface area (Å²) in [6, 6.07) is 19.7. The van der Waals surface area contributed by atoms with Crippen LogP contribution in [0.1, 0.15) is 34.0 Å². The second kappa shape index (κ2) is 8.23. The monoisotopic (exact) mass is 497 g/mol. The van der Waals surface area contributed by atoms with E-state index in [2.05, 4.69) is 15.9 Å². The molecule has 0 aromatic heterocycles. The Morgan fingerprint density at radius 2 is 1.74 bits per heavy atom. The Balaban J connectivity index is 1.75. The SMILES string of the molecule is Cc1ccc(CN2C(=O)[C@](O)([C@@H](C)C(=O)c3ccc(Cl)cc3)c3cc(Br)ccc32)cc1. The number of nitrogens with zero attached hydrogens (tertiary/aromatic N) is 1. The van der Waals surface area contributed by atoms with Crippen LogP contribution in [-0.2, 0) is 16.9 Å². The lowest BCUT2D eigenvalue weighted by Gasteiger charge is -2.28. The normalized spacial score (nSPS) is 18.7. The molecule has 1 aliphatic rings. The van der Waals surface area contributed by atoms with E-state index >= 15 is 0 Å². The number of amides is 1. The zero-order valence-electron chi connectivity index (χ0n) is 17.1. The zero-order chi connectivity index (χ0) is 22.3. The molecule has 4 rings (SSSR count). The quantitative estimate of drug-likeness (QED) is 0.462. The summed E-state index contributed by atoms with van der Waals surface area (Å²) in [5.41, 5.74) is 1.52. The molecule has 6 heteroatoms. The van der Waals surface area contributed by atoms with Gasteiger partial charge in [0.15, 0.2) is 11.4 Å². The van der Waals surface area contributed by atoms with Crippen molar-refractivity contribution in [1.82, 2.24) is 0 Å². The summed E-state index contributed by atoms with van der Waals surface area (Å²) in [5.74, 6) is -1.82. The maximum Gasteiger partial charge on any atom is 0.264 e. The number of benzene rings is 3. The minimum absolute atomic E-state index is 0.303. The van der Waals surface area contributed by atoms with Crippen molar-refractivity contribution in [3.8, 4) is 0 Å². The first-order valence-corrected chi connectivity index (χ1v) is 11.1. The first kappa shape index (κ1) is 21.8. The largest absolute Gasteiger partial charge is 0.375 e. The molecule has 4 nitrogen and oxygen atoms in total. The van der Waals surface area contributed by atoms with Gasteiger partial charge in [0, 0.05) is 20.6 Å². The molecule has 0 radical (unpaired) electrons. The van der Waals surface area contributed by atoms with Crippen LogP contribution in [0.3, 0.4) is 0 Å². The number of aryl methyl sites for hydroxylation is 1. The number of hydrogen-bond acceptors (Lipinski definition) is 3. The second-order valence-electron chi connectivity index (χ2n) is 7.90. The Labute approximate surface area is 194 Å². The van der Waals surface area contributed by atoms with E-state index in [1.807, 2.05) is 37.3 Å². The lowest BCUT2D eigenvalue weighted by Crippen LogP contribution is -2.47. The summed E-state index contributed by atoms with van der Waals surface area (Å²) in [7, 11) is 0. The van der Waals surface area contributed by atoms with Gasteiger partial charge in [-0.3, -0.25) is 9.59 Å². The van der Waals surface area contributed by atoms with Crippen LogP contribution < -0.4 is 4.90 Å². The second-order valence-corrected chi connectivity index (χ2v) is 9.25. The van der Waals surface area contributed by atoms with Gasteiger partial charge in [0.05, 0.1) is 18.2 Å². The van der Waals surface area contributed by atoms with Crippen molar-refractivity contribution in [3.63, 3.8) is 0 Å². The molecule has 0 unspecified atom stereocenters. The van der Waals surface area contributed by atoms with E-state index in [-0.39, 0.29) is 5.78 Å². The maximum absolute atomic E-state index is 13.6. The molecule has 3 aromatic carbocycles. The number of Topliss-reactive ketones (excluding diaryl/α,β-unsaturated/α-hetero) is 1. The van der Waals surface area contributed by atoms with Gasteiger partial charge < -0.3 is 10.0 Å². The van der Waals surface area contributed by atoms with E-state index in [0.29, 0.717) is 28.4 Å². The molecule has 158 valence electrons. The fourth-order valence-electron chi connectivity index (χ4n) is 3.98. The van der Waals surface area contributed by atoms with Gasteiger partial charge in [-0.25, -0.2) is 0 Å². The van der Waals surface area contributed by atoms with Gasteiger partial charge in [0.1, 0.15) is 0 Å². The van der Waals surface area contributed by atoms with Crippen LogP contribution in [0.15, 0.2) is 71.2 Å². The highest BCUT2D eigenvalue weighted by molar-refractivity contribution is 9.10. The Hall–Kier alpha value is -2.47. The summed E-state index contributed by atoms with van der Waals surface area (Å²) in [6.45, 7) is 3.90. The number of rotatable bonds is 5. The van der Waals surface area contributed by atoms with Crippen LogP contribution in [0.5, 0.6) is 0 Å². The third-order valence-corrected chi connectivity index (χ3v) is 6.59. The summed E-state index contributed by atoms with van der Waals surface area (Å²) >= 11 is 9.37. The number of carbonyl (C=O) groups excluding carboxylic acids is 2. The lowest BCUT2D eigenvalue weighted by atomic mass is 9.79. The molecule has 2 atom stereocenters. The summed E-state index contributed by atoms with van der Waals surface area (Å²) in [5, 5.41) is 12.2. The summed E-state index contributed by atoms with van der Waals surface area (Å²) < 4.78 is 0.723. The molecular formula is C25H21BrClNO3. The third kappa shape index (κ3) is 3.82. The predicted molar refractivity (Wildman–Crippen MR) is 125 cm³/mol. The first-order valence-electron chi connectivity index (χ1n) is 9.91. The molecule has 1 aliphatic heterocycles. The molecule has 0 saturated heterocycles. The van der Waals surface area contributed by atoms with Crippen LogP contribution >= 0.6 is 27.5 Å². The Kier molecular flexibility index (Phi) is 5.77. The van der Waals surface area contributed by atoms with Crippen molar-refractivity contribution >= 4 is 44.9 Å². The molecule has 0 saturated carbocycles. The van der Waals surface area contributed by atoms with E-state index in [9.17, 15) is 14.7 Å². The van der Waals surface area contributed by atoms with Crippen molar-refractivity contribution < 1.29 is 14.7 Å². The molecular weight excluding hydrogens is 478 g/mol. The van der Waals surface area contributed by atoms with Crippen LogP contribution in [0.4, 0.5) is 5.69 Å². The highest BCUT2D eigenvalue weighted by Crippen LogP contribution is 2.47. The molecule has 31 heavy (non-hydrogen) atoms. The third-order valence-electron chi connectivity index (χ3n) is 5.84. The Bertz CT molecular complexity index is 1160. The van der Waals surface area contributed by atoms with Crippen molar-refractivity contribution in [1.29, 1.82) is 0 Å². The molecule has 1 N–H and O–H groups in total. The zero-order valence-corrected chi connectivity index (χ0v) is 19.4. The van der Waals surface area contributed by atoms with Gasteiger partial charge in [-0.15, -0.1) is 0 Å². The molecule has 0 fully saturated rings. The molecule has 0 bridgehead atoms. The van der Waals surface area contributed by atoms with Crippen molar-refractivity contribution in [2.75, 3.05) is 4.90 Å². The molecule has 0 spiro atoms. The van der Waals surface area contributed by atoms with Gasteiger partial charge in [-0.1, -0.05) is 64.3 Å². The predicted octanol–water partition coefficient (Wildman–Crippen LogP) is 5.66. The van der Waals surface area contributed by atoms with Crippen LogP contribution in [0.2, 0.25) is 5.02 Å². The van der Waals surface area contributed by atoms with E-state index in [0.717, 1.165) is 15.6 Å². The van der Waals surface area contributed by atoms with E-state index in [4.69, 9.17) is 11.6 Å². The molecule has 1 heterocycles. The molecule has 0 aliphatic carbocycles. The highest BCUT2D eigenvalue weighted by Gasteiger charge is 2.55. The maximum atomic E-state index is 13.6. The standard InChI is InChI=1S/C25H21BrClNO3/c1-15-3-5-17(6-4-15)14-28-22-12-9-19(26)13-21(22)25(31,24(28)30)16(2)23(29)18-7-10-20(27)11-8-18/h3-13,16,31H,14H2,1-2H3/t16-,25-/m0/s1. The minimum atomic E-state index is -1.97. The number of halogens is 2. The fraction of sp³-hybridized carbons (Fsp3) is 0.200. The number of aliphatic hydroxyl groups is 1.